The number of ether oxygens (including phenoxy) is 1. The second kappa shape index (κ2) is 8.44. The summed E-state index contributed by atoms with van der Waals surface area (Å²) in [6.45, 7) is 1.89. The van der Waals surface area contributed by atoms with E-state index in [1.807, 2.05) is 31.2 Å². The van der Waals surface area contributed by atoms with Crippen LogP contribution in [-0.4, -0.2) is 35.4 Å². The van der Waals surface area contributed by atoms with E-state index in [0.717, 1.165) is 23.3 Å². The zero-order valence-electron chi connectivity index (χ0n) is 14.3. The molecule has 0 aliphatic rings. The van der Waals surface area contributed by atoms with Gasteiger partial charge in [0, 0.05) is 25.7 Å². The quantitative estimate of drug-likeness (QED) is 0.438. The fourth-order valence-corrected chi connectivity index (χ4v) is 2.48. The lowest BCUT2D eigenvalue weighted by Gasteiger charge is -2.18. The van der Waals surface area contributed by atoms with E-state index < -0.39 is 17.5 Å². The van der Waals surface area contributed by atoms with E-state index in [1.54, 1.807) is 7.05 Å². The Morgan fingerprint density at radius 3 is 2.54 bits per heavy atom. The van der Waals surface area contributed by atoms with Gasteiger partial charge in [0.05, 0.1) is 15.5 Å². The number of halogens is 1. The van der Waals surface area contributed by atoms with Crippen molar-refractivity contribution in [3.63, 3.8) is 0 Å². The maximum atomic E-state index is 12.1. The molecule has 1 amide bonds. The average molecular weight is 377 g/mol. The van der Waals surface area contributed by atoms with Crippen LogP contribution in [0, 0.1) is 17.0 Å². The number of hydrogen-bond acceptors (Lipinski definition) is 5. The minimum Gasteiger partial charge on any atom is -0.452 e. The summed E-state index contributed by atoms with van der Waals surface area (Å²) >= 11 is 5.87. The first-order chi connectivity index (χ1) is 12.3. The number of aryl methyl sites for hydroxylation is 1. The Bertz CT molecular complexity index is 853. The fourth-order valence-electron chi connectivity index (χ4n) is 2.23. The molecule has 136 valence electrons. The number of carbonyl (C=O) groups is 2. The van der Waals surface area contributed by atoms with Crippen LogP contribution in [-0.2, 0) is 16.1 Å². The normalized spacial score (nSPS) is 10.3. The third-order valence-corrected chi connectivity index (χ3v) is 4.12. The summed E-state index contributed by atoms with van der Waals surface area (Å²) in [5.41, 5.74) is 1.78. The van der Waals surface area contributed by atoms with Gasteiger partial charge in [-0.15, -0.1) is 0 Å². The molecule has 0 fully saturated rings. The Morgan fingerprint density at radius 2 is 1.92 bits per heavy atom. The molecule has 0 heterocycles. The molecule has 0 aliphatic heterocycles. The number of non-ortho nitro benzene ring substituents is 1. The lowest BCUT2D eigenvalue weighted by atomic mass is 10.1. The highest BCUT2D eigenvalue weighted by atomic mass is 35.5. The van der Waals surface area contributed by atoms with E-state index in [0.29, 0.717) is 6.54 Å². The minimum atomic E-state index is -0.817. The Balaban J connectivity index is 1.95. The van der Waals surface area contributed by atoms with Crippen molar-refractivity contribution in [3.8, 4) is 0 Å². The van der Waals surface area contributed by atoms with Crippen molar-refractivity contribution < 1.29 is 19.2 Å². The lowest BCUT2D eigenvalue weighted by molar-refractivity contribution is -0.384. The number of esters is 1. The van der Waals surface area contributed by atoms with Gasteiger partial charge in [-0.1, -0.05) is 35.9 Å². The second-order valence-electron chi connectivity index (χ2n) is 5.67. The highest BCUT2D eigenvalue weighted by Gasteiger charge is 2.18. The van der Waals surface area contributed by atoms with Gasteiger partial charge < -0.3 is 9.64 Å². The molecular weight excluding hydrogens is 360 g/mol. The van der Waals surface area contributed by atoms with Crippen LogP contribution in [0.5, 0.6) is 0 Å². The summed E-state index contributed by atoms with van der Waals surface area (Å²) in [6.07, 6.45) is 0. The largest absolute Gasteiger partial charge is 0.452 e. The number of nitro benzene ring substituents is 1. The maximum absolute atomic E-state index is 12.1. The van der Waals surface area contributed by atoms with Crippen LogP contribution in [0.25, 0.3) is 0 Å². The van der Waals surface area contributed by atoms with Gasteiger partial charge >= 0.3 is 5.97 Å². The van der Waals surface area contributed by atoms with Gasteiger partial charge in [-0.3, -0.25) is 14.9 Å². The van der Waals surface area contributed by atoms with Crippen molar-refractivity contribution in [2.45, 2.75) is 13.5 Å². The molecule has 0 aromatic heterocycles. The fraction of sp³-hybridized carbons (Fsp3) is 0.222. The molecule has 2 rings (SSSR count). The number of likely N-dealkylation sites (N-methyl/N-ethyl adjacent to an activating group) is 1. The molecule has 0 radical (unpaired) electrons. The summed E-state index contributed by atoms with van der Waals surface area (Å²) in [7, 11) is 1.61. The highest BCUT2D eigenvalue weighted by Crippen LogP contribution is 2.23. The van der Waals surface area contributed by atoms with E-state index >= 15 is 0 Å². The van der Waals surface area contributed by atoms with Gasteiger partial charge in [0.1, 0.15) is 0 Å². The Labute approximate surface area is 155 Å². The molecule has 0 saturated heterocycles. The van der Waals surface area contributed by atoms with Gasteiger partial charge in [0.25, 0.3) is 11.6 Å². The van der Waals surface area contributed by atoms with Gasteiger partial charge in [-0.05, 0) is 24.1 Å². The van der Waals surface area contributed by atoms with Crippen molar-refractivity contribution in [2.75, 3.05) is 13.7 Å². The predicted molar refractivity (Wildman–Crippen MR) is 96.0 cm³/mol. The van der Waals surface area contributed by atoms with Gasteiger partial charge in [-0.25, -0.2) is 4.79 Å². The van der Waals surface area contributed by atoms with Crippen LogP contribution in [0.1, 0.15) is 21.5 Å². The Hall–Kier alpha value is -2.93. The van der Waals surface area contributed by atoms with E-state index in [-0.39, 0.29) is 22.2 Å². The minimum absolute atomic E-state index is 0.0355. The number of nitrogens with zero attached hydrogens (tertiary/aromatic N) is 2. The third-order valence-electron chi connectivity index (χ3n) is 3.80. The third kappa shape index (κ3) is 4.80. The molecule has 8 heteroatoms. The van der Waals surface area contributed by atoms with E-state index in [9.17, 15) is 19.7 Å². The van der Waals surface area contributed by atoms with E-state index in [4.69, 9.17) is 16.3 Å². The average Bonchev–Trinajstić information content (AvgIpc) is 2.61. The number of benzene rings is 2. The molecule has 0 aliphatic carbocycles. The van der Waals surface area contributed by atoms with E-state index in [2.05, 4.69) is 0 Å². The van der Waals surface area contributed by atoms with Crippen molar-refractivity contribution in [1.29, 1.82) is 0 Å². The van der Waals surface area contributed by atoms with Gasteiger partial charge in [0.15, 0.2) is 6.61 Å². The van der Waals surface area contributed by atoms with Crippen LogP contribution in [0.2, 0.25) is 5.02 Å². The molecule has 0 bridgehead atoms. The first-order valence-corrected chi connectivity index (χ1v) is 8.07. The summed E-state index contributed by atoms with van der Waals surface area (Å²) < 4.78 is 4.98. The zero-order chi connectivity index (χ0) is 19.3. The number of carbonyl (C=O) groups excluding carboxylic acids is 2. The molecule has 0 atom stereocenters. The number of nitro groups is 1. The number of amides is 1. The zero-order valence-corrected chi connectivity index (χ0v) is 15.0. The summed E-state index contributed by atoms with van der Waals surface area (Å²) in [6, 6.07) is 11.1. The van der Waals surface area contributed by atoms with Gasteiger partial charge in [0.2, 0.25) is 0 Å². The summed E-state index contributed by atoms with van der Waals surface area (Å²) in [5.74, 6) is -1.19. The molecular formula is C18H17ClN2O5. The summed E-state index contributed by atoms with van der Waals surface area (Å²) in [4.78, 5) is 35.7. The molecule has 0 N–H and O–H groups in total. The molecule has 26 heavy (non-hydrogen) atoms. The monoisotopic (exact) mass is 376 g/mol. The Morgan fingerprint density at radius 1 is 1.23 bits per heavy atom. The van der Waals surface area contributed by atoms with Crippen molar-refractivity contribution in [3.05, 3.63) is 74.3 Å². The SMILES string of the molecule is Cc1ccccc1CN(C)C(=O)COC(=O)c1ccc([N+](=O)[O-])cc1Cl. The van der Waals surface area contributed by atoms with Crippen molar-refractivity contribution in [1.82, 2.24) is 4.90 Å². The van der Waals surface area contributed by atoms with Gasteiger partial charge in [-0.2, -0.15) is 0 Å². The van der Waals surface area contributed by atoms with Crippen LogP contribution in [0.3, 0.4) is 0 Å². The summed E-state index contributed by atoms with van der Waals surface area (Å²) in [5, 5.41) is 10.6. The smallest absolute Gasteiger partial charge is 0.340 e. The number of rotatable bonds is 6. The van der Waals surface area contributed by atoms with E-state index in [1.165, 1.54) is 11.0 Å². The molecule has 0 spiro atoms. The van der Waals surface area contributed by atoms with Crippen LogP contribution in [0.4, 0.5) is 5.69 Å². The standard InChI is InChI=1S/C18H17ClN2O5/c1-12-5-3-4-6-13(12)10-20(2)17(22)11-26-18(23)15-8-7-14(21(24)25)9-16(15)19/h3-9H,10-11H2,1-2H3. The van der Waals surface area contributed by atoms with Crippen LogP contribution >= 0.6 is 11.6 Å². The van der Waals surface area contributed by atoms with Crippen molar-refractivity contribution >= 4 is 29.2 Å². The highest BCUT2D eigenvalue weighted by molar-refractivity contribution is 6.33. The first kappa shape index (κ1) is 19.4. The molecule has 0 unspecified atom stereocenters. The maximum Gasteiger partial charge on any atom is 0.340 e. The van der Waals surface area contributed by atoms with Crippen LogP contribution in [0.15, 0.2) is 42.5 Å². The molecule has 2 aromatic rings. The lowest BCUT2D eigenvalue weighted by Crippen LogP contribution is -2.31. The van der Waals surface area contributed by atoms with Crippen molar-refractivity contribution in [2.24, 2.45) is 0 Å². The predicted octanol–water partition coefficient (Wildman–Crippen LogP) is 3.37. The number of hydrogen-bond donors (Lipinski definition) is 0. The van der Waals surface area contributed by atoms with Crippen LogP contribution < -0.4 is 0 Å². The molecule has 0 saturated carbocycles. The molecule has 2 aromatic carbocycles. The first-order valence-electron chi connectivity index (χ1n) is 7.69. The Kier molecular flexibility index (Phi) is 6.30. The molecule has 7 nitrogen and oxygen atoms in total. The topological polar surface area (TPSA) is 89.8 Å². The second-order valence-corrected chi connectivity index (χ2v) is 6.08.